The second kappa shape index (κ2) is 4.35. The van der Waals surface area contributed by atoms with Crippen molar-refractivity contribution in [2.24, 2.45) is 0 Å². The highest BCUT2D eigenvalue weighted by molar-refractivity contribution is 6.42. The Labute approximate surface area is 82.2 Å². The zero-order valence-corrected chi connectivity index (χ0v) is 8.11. The first kappa shape index (κ1) is 10.2. The predicted molar refractivity (Wildman–Crippen MR) is 53.0 cm³/mol. The molecule has 0 aliphatic rings. The molecule has 4 nitrogen and oxygen atoms in total. The van der Waals surface area contributed by atoms with Gasteiger partial charge < -0.3 is 10.8 Å². The minimum Gasteiger partial charge on any atom is -0.361 e. The minimum absolute atomic E-state index is 0.0208. The Bertz CT molecular complexity index is 388. The Morgan fingerprint density at radius 1 is 1.36 bits per heavy atom. The summed E-state index contributed by atoms with van der Waals surface area (Å²) in [4.78, 5) is 14.2. The van der Waals surface area contributed by atoms with Crippen molar-refractivity contribution >= 4 is 11.6 Å². The molecule has 0 unspecified atom stereocenters. The quantitative estimate of drug-likeness (QED) is 0.416. The van der Waals surface area contributed by atoms with Crippen LogP contribution >= 0.6 is 0 Å². The maximum absolute atomic E-state index is 11.2. The van der Waals surface area contributed by atoms with Gasteiger partial charge in [0.05, 0.1) is 5.56 Å². The molecule has 0 fully saturated rings. The Balaban J connectivity index is 3.09. The fourth-order valence-electron chi connectivity index (χ4n) is 1.06. The number of nitrogens with zero attached hydrogens (tertiary/aromatic N) is 2. The van der Waals surface area contributed by atoms with E-state index in [1.54, 1.807) is 12.1 Å². The first-order chi connectivity index (χ1) is 6.69. The molecule has 1 aromatic rings. The summed E-state index contributed by atoms with van der Waals surface area (Å²) < 4.78 is 0. The smallest absolute Gasteiger partial charge is 0.361 e. The van der Waals surface area contributed by atoms with Crippen LogP contribution in [0.3, 0.4) is 0 Å². The molecule has 0 spiro atoms. The third kappa shape index (κ3) is 2.06. The van der Waals surface area contributed by atoms with E-state index in [0.29, 0.717) is 5.56 Å². The van der Waals surface area contributed by atoms with Gasteiger partial charge in [-0.25, -0.2) is 0 Å². The Hall–Kier alpha value is -1.93. The van der Waals surface area contributed by atoms with Crippen molar-refractivity contribution in [2.45, 2.75) is 6.92 Å². The van der Waals surface area contributed by atoms with Gasteiger partial charge in [0.1, 0.15) is 0 Å². The molecule has 0 bridgehead atoms. The van der Waals surface area contributed by atoms with Crippen LogP contribution in [0.15, 0.2) is 24.3 Å². The average Bonchev–Trinajstić information content (AvgIpc) is 2.21. The molecule has 0 aromatic heterocycles. The molecule has 1 amide bonds. The van der Waals surface area contributed by atoms with E-state index in [-0.39, 0.29) is 5.71 Å². The van der Waals surface area contributed by atoms with Gasteiger partial charge in [-0.1, -0.05) is 17.7 Å². The molecule has 1 rings (SSSR count). The van der Waals surface area contributed by atoms with Crippen LogP contribution in [-0.2, 0) is 4.79 Å². The zero-order chi connectivity index (χ0) is 10.6. The Morgan fingerprint density at radius 2 is 1.93 bits per heavy atom. The molecule has 4 heteroatoms. The molecule has 0 aliphatic carbocycles. The lowest BCUT2D eigenvalue weighted by molar-refractivity contribution is -0.118. The first-order valence-corrected chi connectivity index (χ1v) is 4.20. The van der Waals surface area contributed by atoms with Gasteiger partial charge in [-0.05, 0) is 19.1 Å². The van der Waals surface area contributed by atoms with Crippen LogP contribution in [0.2, 0.25) is 0 Å². The summed E-state index contributed by atoms with van der Waals surface area (Å²) >= 11 is 0. The molecular weight excluding hydrogens is 178 g/mol. The third-order valence-corrected chi connectivity index (χ3v) is 1.87. The van der Waals surface area contributed by atoms with Gasteiger partial charge in [-0.2, -0.15) is 4.79 Å². The Morgan fingerprint density at radius 3 is 2.36 bits per heavy atom. The van der Waals surface area contributed by atoms with Gasteiger partial charge in [0, 0.05) is 7.05 Å². The van der Waals surface area contributed by atoms with Crippen molar-refractivity contribution in [3.8, 4) is 0 Å². The van der Waals surface area contributed by atoms with Gasteiger partial charge in [-0.3, -0.25) is 4.79 Å². The summed E-state index contributed by atoms with van der Waals surface area (Å²) in [6.07, 6.45) is 0. The topological polar surface area (TPSA) is 65.5 Å². The lowest BCUT2D eigenvalue weighted by Crippen LogP contribution is -2.29. The number of hydrogen-bond donors (Lipinski definition) is 1. The van der Waals surface area contributed by atoms with Gasteiger partial charge in [0.15, 0.2) is 0 Å². The Kier molecular flexibility index (Phi) is 3.15. The maximum atomic E-state index is 11.2. The molecule has 0 heterocycles. The molecule has 0 radical (unpaired) electrons. The fourth-order valence-corrected chi connectivity index (χ4v) is 1.06. The minimum atomic E-state index is -0.406. The van der Waals surface area contributed by atoms with E-state index in [1.165, 1.54) is 7.05 Å². The number of benzene rings is 1. The van der Waals surface area contributed by atoms with Crippen molar-refractivity contribution < 1.29 is 9.58 Å². The summed E-state index contributed by atoms with van der Waals surface area (Å²) in [5.74, 6) is -0.406. The molecule has 1 N–H and O–H groups in total. The van der Waals surface area contributed by atoms with Crippen molar-refractivity contribution in [1.29, 1.82) is 0 Å². The number of nitrogens with one attached hydrogen (secondary N) is 1. The molecule has 0 saturated heterocycles. The van der Waals surface area contributed by atoms with Crippen LogP contribution in [0.25, 0.3) is 5.53 Å². The normalized spacial score (nSPS) is 9.00. The standard InChI is InChI=1S/C10H11N3O/c1-7-3-5-8(6-4-7)9(13-11)10(14)12-2/h3-6H,1-2H3,(H,12,14). The van der Waals surface area contributed by atoms with Crippen LogP contribution in [0, 0.1) is 6.92 Å². The summed E-state index contributed by atoms with van der Waals surface area (Å²) in [6, 6.07) is 7.17. The van der Waals surface area contributed by atoms with E-state index < -0.39 is 5.91 Å². The van der Waals surface area contributed by atoms with Gasteiger partial charge in [0.25, 0.3) is 0 Å². The molecule has 0 saturated carbocycles. The molecule has 1 aromatic carbocycles. The van der Waals surface area contributed by atoms with Crippen LogP contribution in [-0.4, -0.2) is 23.5 Å². The number of amides is 1. The number of rotatable bonds is 2. The third-order valence-electron chi connectivity index (χ3n) is 1.87. The predicted octanol–water partition coefficient (Wildman–Crippen LogP) is 0.760. The van der Waals surface area contributed by atoms with Gasteiger partial charge in [0.2, 0.25) is 0 Å². The highest BCUT2D eigenvalue weighted by Gasteiger charge is 2.20. The largest absolute Gasteiger partial charge is 0.386 e. The number of carbonyl (C=O) groups is 1. The second-order valence-corrected chi connectivity index (χ2v) is 2.89. The van der Waals surface area contributed by atoms with Gasteiger partial charge in [-0.15, -0.1) is 0 Å². The lowest BCUT2D eigenvalue weighted by Gasteiger charge is -1.96. The number of likely N-dealkylation sites (N-methyl/N-ethyl adjacent to an activating group) is 1. The SMILES string of the molecule is CNC(=O)C(=[N+]=[N-])c1ccc(C)cc1. The van der Waals surface area contributed by atoms with Crippen molar-refractivity contribution in [3.05, 3.63) is 40.9 Å². The molecular formula is C10H11N3O. The van der Waals surface area contributed by atoms with E-state index >= 15 is 0 Å². The average molecular weight is 189 g/mol. The number of carbonyl (C=O) groups excluding carboxylic acids is 1. The number of aryl methyl sites for hydroxylation is 1. The lowest BCUT2D eigenvalue weighted by atomic mass is 10.1. The summed E-state index contributed by atoms with van der Waals surface area (Å²) in [6.45, 7) is 1.94. The summed E-state index contributed by atoms with van der Waals surface area (Å²) in [5, 5.41) is 2.40. The van der Waals surface area contributed by atoms with Gasteiger partial charge >= 0.3 is 11.6 Å². The van der Waals surface area contributed by atoms with Crippen LogP contribution in [0.5, 0.6) is 0 Å². The molecule has 72 valence electrons. The second-order valence-electron chi connectivity index (χ2n) is 2.89. The highest BCUT2D eigenvalue weighted by atomic mass is 16.1. The van der Waals surface area contributed by atoms with Crippen LogP contribution < -0.4 is 5.32 Å². The maximum Gasteiger partial charge on any atom is 0.386 e. The van der Waals surface area contributed by atoms with Crippen LogP contribution in [0.4, 0.5) is 0 Å². The van der Waals surface area contributed by atoms with E-state index in [4.69, 9.17) is 5.53 Å². The van der Waals surface area contributed by atoms with E-state index in [2.05, 4.69) is 10.1 Å². The summed E-state index contributed by atoms with van der Waals surface area (Å²) in [7, 11) is 1.49. The van der Waals surface area contributed by atoms with E-state index in [0.717, 1.165) is 5.56 Å². The fraction of sp³-hybridized carbons (Fsp3) is 0.200. The van der Waals surface area contributed by atoms with Crippen molar-refractivity contribution in [2.75, 3.05) is 7.05 Å². The van der Waals surface area contributed by atoms with E-state index in [1.807, 2.05) is 19.1 Å². The van der Waals surface area contributed by atoms with E-state index in [9.17, 15) is 4.79 Å². The molecule has 0 atom stereocenters. The van der Waals surface area contributed by atoms with Crippen molar-refractivity contribution in [3.63, 3.8) is 0 Å². The highest BCUT2D eigenvalue weighted by Crippen LogP contribution is 2.03. The molecule has 0 aliphatic heterocycles. The molecule has 14 heavy (non-hydrogen) atoms. The monoisotopic (exact) mass is 189 g/mol. The van der Waals surface area contributed by atoms with Crippen LogP contribution in [0.1, 0.15) is 11.1 Å². The van der Waals surface area contributed by atoms with Crippen molar-refractivity contribution in [1.82, 2.24) is 5.32 Å². The number of hydrogen-bond acceptors (Lipinski definition) is 1. The first-order valence-electron chi connectivity index (χ1n) is 4.20. The summed E-state index contributed by atoms with van der Waals surface area (Å²) in [5.41, 5.74) is 10.4. The zero-order valence-electron chi connectivity index (χ0n) is 8.11.